The molecular weight excluding hydrogens is 254 g/mol. The van der Waals surface area contributed by atoms with Gasteiger partial charge in [0.2, 0.25) is 0 Å². The van der Waals surface area contributed by atoms with Crippen LogP contribution in [0, 0.1) is 11.3 Å². The van der Waals surface area contributed by atoms with Gasteiger partial charge < -0.3 is 10.1 Å². The first-order chi connectivity index (χ1) is 8.67. The molecule has 1 aromatic heterocycles. The lowest BCUT2D eigenvalue weighted by molar-refractivity contribution is 0.0946. The number of hydrogen-bond donors (Lipinski definition) is 1. The van der Waals surface area contributed by atoms with Crippen LogP contribution in [0.2, 0.25) is 0 Å². The number of alkyl halides is 1. The number of halogens is 1. The third-order valence-corrected chi connectivity index (χ3v) is 2.56. The molecule has 96 valence electrons. The Balaban J connectivity index is 2.38. The molecule has 18 heavy (non-hydrogen) atoms. The largest absolute Gasteiger partial charge is 0.383 e. The molecule has 1 amide bonds. The van der Waals surface area contributed by atoms with Crippen molar-refractivity contribution in [2.24, 2.45) is 0 Å². The molecule has 0 aliphatic heterocycles. The van der Waals surface area contributed by atoms with Crippen LogP contribution in [0.1, 0.15) is 22.5 Å². The van der Waals surface area contributed by atoms with E-state index in [1.54, 1.807) is 13.2 Å². The first kappa shape index (κ1) is 14.4. The minimum absolute atomic E-state index is 0.121. The van der Waals surface area contributed by atoms with E-state index in [0.717, 1.165) is 0 Å². The van der Waals surface area contributed by atoms with Crippen molar-refractivity contribution in [3.63, 3.8) is 0 Å². The summed E-state index contributed by atoms with van der Waals surface area (Å²) in [5.74, 6) is -0.277. The monoisotopic (exact) mass is 267 g/mol. The molecule has 5 nitrogen and oxygen atoms in total. The minimum Gasteiger partial charge on any atom is -0.383 e. The molecule has 1 heterocycles. The molecule has 0 bridgehead atoms. The maximum absolute atomic E-state index is 11.7. The van der Waals surface area contributed by atoms with Crippen LogP contribution < -0.4 is 5.32 Å². The second-order valence-electron chi connectivity index (χ2n) is 3.64. The number of carbonyl (C=O) groups is 1. The van der Waals surface area contributed by atoms with E-state index in [1.165, 1.54) is 12.3 Å². The Hall–Kier alpha value is -1.64. The molecule has 1 rings (SSSR count). The maximum Gasteiger partial charge on any atom is 0.269 e. The van der Waals surface area contributed by atoms with E-state index in [0.29, 0.717) is 25.1 Å². The molecular formula is C12H14ClN3O2. The van der Waals surface area contributed by atoms with Gasteiger partial charge in [-0.1, -0.05) is 0 Å². The van der Waals surface area contributed by atoms with Crippen molar-refractivity contribution >= 4 is 17.5 Å². The molecule has 0 radical (unpaired) electrons. The van der Waals surface area contributed by atoms with Gasteiger partial charge in [0.1, 0.15) is 11.8 Å². The lowest BCUT2D eigenvalue weighted by Crippen LogP contribution is -2.27. The highest BCUT2D eigenvalue weighted by Crippen LogP contribution is 2.02. The normalized spacial score (nSPS) is 11.6. The fourth-order valence-electron chi connectivity index (χ4n) is 1.29. The number of carbonyl (C=O) groups excluding carboxylic acids is 1. The van der Waals surface area contributed by atoms with Gasteiger partial charge in [-0.2, -0.15) is 5.26 Å². The number of methoxy groups -OCH3 is 1. The highest BCUT2D eigenvalue weighted by atomic mass is 35.5. The summed E-state index contributed by atoms with van der Waals surface area (Å²) in [4.78, 5) is 15.5. The average molecular weight is 268 g/mol. The number of nitrogens with one attached hydrogen (secondary N) is 1. The molecule has 1 atom stereocenters. The van der Waals surface area contributed by atoms with Gasteiger partial charge in [-0.05, 0) is 18.6 Å². The summed E-state index contributed by atoms with van der Waals surface area (Å²) in [5, 5.41) is 11.2. The second-order valence-corrected chi connectivity index (χ2v) is 4.26. The molecule has 0 spiro atoms. The molecule has 1 N–H and O–H groups in total. The molecule has 0 aliphatic carbocycles. The number of nitrogens with zero attached hydrogens (tertiary/aromatic N) is 2. The third kappa shape index (κ3) is 4.70. The lowest BCUT2D eigenvalue weighted by atomic mass is 10.2. The van der Waals surface area contributed by atoms with Crippen LogP contribution in [0.4, 0.5) is 0 Å². The summed E-state index contributed by atoms with van der Waals surface area (Å²) in [7, 11) is 1.58. The van der Waals surface area contributed by atoms with Gasteiger partial charge in [0.25, 0.3) is 5.91 Å². The number of amides is 1. The first-order valence-electron chi connectivity index (χ1n) is 5.44. The number of aromatic nitrogens is 1. The van der Waals surface area contributed by atoms with Crippen molar-refractivity contribution in [1.82, 2.24) is 10.3 Å². The van der Waals surface area contributed by atoms with E-state index in [9.17, 15) is 4.79 Å². The Morgan fingerprint density at radius 1 is 1.67 bits per heavy atom. The van der Waals surface area contributed by atoms with E-state index in [1.807, 2.05) is 6.07 Å². The van der Waals surface area contributed by atoms with Crippen LogP contribution in [-0.4, -0.2) is 36.5 Å². The highest BCUT2D eigenvalue weighted by molar-refractivity contribution is 6.20. The molecule has 1 aromatic rings. The summed E-state index contributed by atoms with van der Waals surface area (Å²) >= 11 is 5.92. The molecule has 0 saturated carbocycles. The van der Waals surface area contributed by atoms with Crippen LogP contribution in [0.3, 0.4) is 0 Å². The van der Waals surface area contributed by atoms with Gasteiger partial charge >= 0.3 is 0 Å². The Bertz CT molecular complexity index is 428. The zero-order chi connectivity index (χ0) is 13.4. The van der Waals surface area contributed by atoms with Crippen molar-refractivity contribution in [2.45, 2.75) is 11.8 Å². The van der Waals surface area contributed by atoms with Gasteiger partial charge in [-0.3, -0.25) is 4.79 Å². The van der Waals surface area contributed by atoms with Gasteiger partial charge in [0.05, 0.1) is 17.5 Å². The van der Waals surface area contributed by atoms with Crippen LogP contribution >= 0.6 is 11.6 Å². The van der Waals surface area contributed by atoms with Crippen LogP contribution in [0.15, 0.2) is 18.3 Å². The average Bonchev–Trinajstić information content (AvgIpc) is 2.39. The van der Waals surface area contributed by atoms with Gasteiger partial charge in [0.15, 0.2) is 0 Å². The van der Waals surface area contributed by atoms with Crippen LogP contribution in [-0.2, 0) is 4.74 Å². The van der Waals surface area contributed by atoms with Crippen molar-refractivity contribution < 1.29 is 9.53 Å². The summed E-state index contributed by atoms with van der Waals surface area (Å²) in [6, 6.07) is 5.01. The van der Waals surface area contributed by atoms with Crippen LogP contribution in [0.25, 0.3) is 0 Å². The topological polar surface area (TPSA) is 75.0 Å². The van der Waals surface area contributed by atoms with E-state index in [2.05, 4.69) is 10.3 Å². The van der Waals surface area contributed by atoms with Gasteiger partial charge in [0, 0.05) is 19.9 Å². The molecule has 0 aliphatic rings. The Morgan fingerprint density at radius 3 is 3.00 bits per heavy atom. The second kappa shape index (κ2) is 7.64. The van der Waals surface area contributed by atoms with E-state index < -0.39 is 0 Å². The highest BCUT2D eigenvalue weighted by Gasteiger charge is 2.08. The fraction of sp³-hybridized carbons (Fsp3) is 0.417. The minimum atomic E-state index is -0.277. The SMILES string of the molecule is COCC(Cl)CCNC(=O)c1ccc(C#N)cn1. The molecule has 0 saturated heterocycles. The lowest BCUT2D eigenvalue weighted by Gasteiger charge is -2.08. The molecule has 6 heteroatoms. The Labute approximate surface area is 111 Å². The zero-order valence-corrected chi connectivity index (χ0v) is 10.8. The first-order valence-corrected chi connectivity index (χ1v) is 5.88. The summed E-state index contributed by atoms with van der Waals surface area (Å²) < 4.78 is 4.88. The van der Waals surface area contributed by atoms with E-state index >= 15 is 0 Å². The number of ether oxygens (including phenoxy) is 1. The Kier molecular flexibility index (Phi) is 6.12. The quantitative estimate of drug-likeness (QED) is 0.789. The smallest absolute Gasteiger partial charge is 0.269 e. The molecule has 0 aromatic carbocycles. The number of rotatable bonds is 6. The third-order valence-electron chi connectivity index (χ3n) is 2.22. The van der Waals surface area contributed by atoms with Gasteiger partial charge in [-0.25, -0.2) is 4.98 Å². The maximum atomic E-state index is 11.7. The van der Waals surface area contributed by atoms with Crippen molar-refractivity contribution in [1.29, 1.82) is 5.26 Å². The van der Waals surface area contributed by atoms with Crippen LogP contribution in [0.5, 0.6) is 0 Å². The fourth-order valence-corrected chi connectivity index (χ4v) is 1.53. The zero-order valence-electron chi connectivity index (χ0n) is 10.0. The molecule has 0 fully saturated rings. The summed E-state index contributed by atoms with van der Waals surface area (Å²) in [6.45, 7) is 0.907. The van der Waals surface area contributed by atoms with E-state index in [4.69, 9.17) is 21.6 Å². The van der Waals surface area contributed by atoms with Crippen molar-refractivity contribution in [3.8, 4) is 6.07 Å². The van der Waals surface area contributed by atoms with Gasteiger partial charge in [-0.15, -0.1) is 11.6 Å². The van der Waals surface area contributed by atoms with Crippen molar-refractivity contribution in [3.05, 3.63) is 29.6 Å². The summed E-state index contributed by atoms with van der Waals surface area (Å²) in [5.41, 5.74) is 0.708. The number of pyridine rings is 1. The van der Waals surface area contributed by atoms with E-state index in [-0.39, 0.29) is 17.0 Å². The standard InChI is InChI=1S/C12H14ClN3O2/c1-18-8-10(13)4-5-15-12(17)11-3-2-9(6-14)7-16-11/h2-3,7,10H,4-5,8H2,1H3,(H,15,17). The predicted octanol–water partition coefficient (Wildman–Crippen LogP) is 1.33. The number of hydrogen-bond acceptors (Lipinski definition) is 4. The summed E-state index contributed by atoms with van der Waals surface area (Å²) in [6.07, 6.45) is 1.99. The van der Waals surface area contributed by atoms with Crippen molar-refractivity contribution in [2.75, 3.05) is 20.3 Å². The Morgan fingerprint density at radius 2 is 2.44 bits per heavy atom. The predicted molar refractivity (Wildman–Crippen MR) is 67.4 cm³/mol. The number of nitriles is 1. The molecule has 1 unspecified atom stereocenters.